The van der Waals surface area contributed by atoms with Gasteiger partial charge in [-0.15, -0.1) is 0 Å². The Labute approximate surface area is 102 Å². The first-order valence-corrected chi connectivity index (χ1v) is 5.98. The number of esters is 1. The molecule has 0 radical (unpaired) electrons. The van der Waals surface area contributed by atoms with E-state index in [1.807, 2.05) is 13.8 Å². The smallest absolute Gasteiger partial charge is 0.328 e. The number of hydrogen-bond donors (Lipinski definition) is 2. The molecule has 5 heteroatoms. The zero-order valence-electron chi connectivity index (χ0n) is 10.9. The lowest BCUT2D eigenvalue weighted by atomic mass is 9.94. The summed E-state index contributed by atoms with van der Waals surface area (Å²) in [5.74, 6) is -0.501. The van der Waals surface area contributed by atoms with Crippen LogP contribution in [0.1, 0.15) is 33.6 Å². The highest BCUT2D eigenvalue weighted by molar-refractivity contribution is 5.90. The van der Waals surface area contributed by atoms with Crippen LogP contribution in [0.2, 0.25) is 0 Å². The third kappa shape index (κ3) is 3.19. The van der Waals surface area contributed by atoms with Gasteiger partial charge in [0.05, 0.1) is 12.6 Å². The Kier molecular flexibility index (Phi) is 4.14. The van der Waals surface area contributed by atoms with Crippen molar-refractivity contribution in [1.82, 2.24) is 5.32 Å². The molecule has 0 bridgehead atoms. The Hall–Kier alpha value is -1.10. The average molecular weight is 242 g/mol. The summed E-state index contributed by atoms with van der Waals surface area (Å²) < 4.78 is 4.67. The number of methoxy groups -OCH3 is 1. The van der Waals surface area contributed by atoms with Crippen LogP contribution >= 0.6 is 0 Å². The average Bonchev–Trinajstić information content (AvgIpc) is 3.07. The molecular weight excluding hydrogens is 220 g/mol. The van der Waals surface area contributed by atoms with Crippen molar-refractivity contribution in [3.8, 4) is 0 Å². The Morgan fingerprint density at radius 1 is 1.41 bits per heavy atom. The van der Waals surface area contributed by atoms with E-state index in [-0.39, 0.29) is 17.7 Å². The molecule has 1 aliphatic carbocycles. The van der Waals surface area contributed by atoms with Crippen molar-refractivity contribution in [3.05, 3.63) is 0 Å². The first-order valence-electron chi connectivity index (χ1n) is 5.98. The number of carbonyl (C=O) groups excluding carboxylic acids is 2. The standard InChI is InChI=1S/C12H22N2O3/c1-7(2)9(10(15)17-4)14-11(16)12(3,13)8-5-6-8/h7-9H,5-6,13H2,1-4H3,(H,14,16)/t9-,12?/m0/s1. The Morgan fingerprint density at radius 2 is 1.94 bits per heavy atom. The molecule has 1 saturated carbocycles. The molecule has 1 unspecified atom stereocenters. The van der Waals surface area contributed by atoms with Crippen LogP contribution < -0.4 is 11.1 Å². The Morgan fingerprint density at radius 3 is 2.29 bits per heavy atom. The van der Waals surface area contributed by atoms with Gasteiger partial charge in [-0.05, 0) is 31.6 Å². The largest absolute Gasteiger partial charge is 0.467 e. The predicted molar refractivity (Wildman–Crippen MR) is 64.1 cm³/mol. The van der Waals surface area contributed by atoms with Gasteiger partial charge in [-0.25, -0.2) is 4.79 Å². The first-order chi connectivity index (χ1) is 7.80. The molecule has 2 atom stereocenters. The number of ether oxygens (including phenoxy) is 1. The number of hydrogen-bond acceptors (Lipinski definition) is 4. The number of rotatable bonds is 5. The highest BCUT2D eigenvalue weighted by Crippen LogP contribution is 2.38. The summed E-state index contributed by atoms with van der Waals surface area (Å²) in [7, 11) is 1.31. The van der Waals surface area contributed by atoms with Crippen molar-refractivity contribution in [1.29, 1.82) is 0 Å². The van der Waals surface area contributed by atoms with Crippen LogP contribution in [0.5, 0.6) is 0 Å². The van der Waals surface area contributed by atoms with E-state index in [2.05, 4.69) is 10.1 Å². The third-order valence-corrected chi connectivity index (χ3v) is 3.32. The molecule has 0 aromatic heterocycles. The van der Waals surface area contributed by atoms with Crippen LogP contribution in [-0.2, 0) is 14.3 Å². The van der Waals surface area contributed by atoms with Gasteiger partial charge < -0.3 is 15.8 Å². The highest BCUT2D eigenvalue weighted by Gasteiger charge is 2.45. The molecule has 1 amide bonds. The fourth-order valence-electron chi connectivity index (χ4n) is 1.79. The second-order valence-electron chi connectivity index (χ2n) is 5.28. The van der Waals surface area contributed by atoms with Gasteiger partial charge in [0.1, 0.15) is 6.04 Å². The Bertz CT molecular complexity index is 309. The summed E-state index contributed by atoms with van der Waals surface area (Å²) in [5, 5.41) is 2.69. The van der Waals surface area contributed by atoms with E-state index >= 15 is 0 Å². The van der Waals surface area contributed by atoms with E-state index in [1.54, 1.807) is 6.92 Å². The van der Waals surface area contributed by atoms with E-state index in [0.29, 0.717) is 0 Å². The van der Waals surface area contributed by atoms with E-state index in [0.717, 1.165) is 12.8 Å². The fourth-order valence-corrected chi connectivity index (χ4v) is 1.79. The zero-order chi connectivity index (χ0) is 13.2. The number of nitrogens with two attached hydrogens (primary N) is 1. The second-order valence-corrected chi connectivity index (χ2v) is 5.28. The van der Waals surface area contributed by atoms with Crippen LogP contribution in [0.15, 0.2) is 0 Å². The molecule has 0 saturated heterocycles. The maximum Gasteiger partial charge on any atom is 0.328 e. The summed E-state index contributed by atoms with van der Waals surface area (Å²) in [6.07, 6.45) is 1.95. The van der Waals surface area contributed by atoms with Gasteiger partial charge in [-0.2, -0.15) is 0 Å². The van der Waals surface area contributed by atoms with Gasteiger partial charge in [-0.1, -0.05) is 13.8 Å². The van der Waals surface area contributed by atoms with Gasteiger partial charge in [0, 0.05) is 0 Å². The van der Waals surface area contributed by atoms with Gasteiger partial charge in [0.25, 0.3) is 0 Å². The van der Waals surface area contributed by atoms with Crippen molar-refractivity contribution in [2.75, 3.05) is 7.11 Å². The highest BCUT2D eigenvalue weighted by atomic mass is 16.5. The van der Waals surface area contributed by atoms with Crippen LogP contribution in [0.25, 0.3) is 0 Å². The summed E-state index contributed by atoms with van der Waals surface area (Å²) in [6, 6.07) is -0.630. The molecule has 1 fully saturated rings. The number of amides is 1. The minimum Gasteiger partial charge on any atom is -0.467 e. The lowest BCUT2D eigenvalue weighted by molar-refractivity contribution is -0.147. The summed E-state index contributed by atoms with van der Waals surface area (Å²) in [5.41, 5.74) is 5.10. The van der Waals surface area contributed by atoms with Crippen molar-refractivity contribution >= 4 is 11.9 Å². The summed E-state index contributed by atoms with van der Waals surface area (Å²) in [6.45, 7) is 5.42. The molecule has 98 valence electrons. The quantitative estimate of drug-likeness (QED) is 0.685. The molecule has 3 N–H and O–H groups in total. The monoisotopic (exact) mass is 242 g/mol. The lowest BCUT2D eigenvalue weighted by Crippen LogP contribution is -2.58. The molecule has 0 aromatic carbocycles. The van der Waals surface area contributed by atoms with Crippen LogP contribution in [0.3, 0.4) is 0 Å². The van der Waals surface area contributed by atoms with Gasteiger partial charge in [0.2, 0.25) is 5.91 Å². The molecule has 1 aliphatic rings. The molecule has 1 rings (SSSR count). The van der Waals surface area contributed by atoms with Crippen LogP contribution in [0.4, 0.5) is 0 Å². The zero-order valence-corrected chi connectivity index (χ0v) is 10.9. The molecule has 0 spiro atoms. The van der Waals surface area contributed by atoms with Crippen LogP contribution in [-0.4, -0.2) is 30.6 Å². The first kappa shape index (κ1) is 14.0. The summed E-state index contributed by atoms with van der Waals surface area (Å²) in [4.78, 5) is 23.6. The van der Waals surface area contributed by atoms with Crippen molar-refractivity contribution in [3.63, 3.8) is 0 Å². The van der Waals surface area contributed by atoms with Gasteiger partial charge in [0.15, 0.2) is 0 Å². The van der Waals surface area contributed by atoms with E-state index in [4.69, 9.17) is 5.73 Å². The number of carbonyl (C=O) groups is 2. The van der Waals surface area contributed by atoms with Crippen LogP contribution in [0, 0.1) is 11.8 Å². The van der Waals surface area contributed by atoms with Gasteiger partial charge in [-0.3, -0.25) is 4.79 Å². The second kappa shape index (κ2) is 5.04. The maximum absolute atomic E-state index is 12.0. The Balaban J connectivity index is 2.67. The molecule has 0 heterocycles. The van der Waals surface area contributed by atoms with Crippen molar-refractivity contribution in [2.45, 2.75) is 45.2 Å². The normalized spacial score (nSPS) is 20.6. The van der Waals surface area contributed by atoms with E-state index in [9.17, 15) is 9.59 Å². The summed E-state index contributed by atoms with van der Waals surface area (Å²) >= 11 is 0. The minimum atomic E-state index is -0.888. The molecule has 17 heavy (non-hydrogen) atoms. The topological polar surface area (TPSA) is 81.4 Å². The third-order valence-electron chi connectivity index (χ3n) is 3.32. The molecular formula is C12H22N2O3. The fraction of sp³-hybridized carbons (Fsp3) is 0.833. The molecule has 0 aromatic rings. The maximum atomic E-state index is 12.0. The number of nitrogens with one attached hydrogen (secondary N) is 1. The predicted octanol–water partition coefficient (Wildman–Crippen LogP) is 0.428. The molecule has 0 aliphatic heterocycles. The SMILES string of the molecule is COC(=O)[C@@H](NC(=O)C(C)(N)C1CC1)C(C)C. The van der Waals surface area contributed by atoms with Crippen molar-refractivity contribution in [2.24, 2.45) is 17.6 Å². The lowest BCUT2D eigenvalue weighted by Gasteiger charge is -2.27. The minimum absolute atomic E-state index is 0.0265. The van der Waals surface area contributed by atoms with Crippen molar-refractivity contribution < 1.29 is 14.3 Å². The molecule has 5 nitrogen and oxygen atoms in total. The van der Waals surface area contributed by atoms with Gasteiger partial charge >= 0.3 is 5.97 Å². The van der Waals surface area contributed by atoms with E-state index in [1.165, 1.54) is 7.11 Å². The van der Waals surface area contributed by atoms with E-state index < -0.39 is 17.6 Å².